The summed E-state index contributed by atoms with van der Waals surface area (Å²) >= 11 is 0.946. The molecule has 0 aliphatic rings. The van der Waals surface area contributed by atoms with E-state index >= 15 is 0 Å². The number of rotatable bonds is 4. The zero-order valence-electron chi connectivity index (χ0n) is 10.8. The van der Waals surface area contributed by atoms with Gasteiger partial charge in [-0.05, 0) is 11.6 Å². The second kappa shape index (κ2) is 5.07. The van der Waals surface area contributed by atoms with E-state index in [1.54, 1.807) is 5.38 Å². The Bertz CT molecular complexity index is 953. The predicted molar refractivity (Wildman–Crippen MR) is 77.2 cm³/mol. The highest BCUT2D eigenvalue weighted by molar-refractivity contribution is 7.13. The molecule has 0 aliphatic carbocycles. The summed E-state index contributed by atoms with van der Waals surface area (Å²) in [5.74, 6) is -0.677. The molecule has 2 aromatic heterocycles. The first-order chi connectivity index (χ1) is 10.5. The molecule has 9 nitrogen and oxygen atoms in total. The van der Waals surface area contributed by atoms with E-state index in [4.69, 9.17) is 4.42 Å². The second-order valence-electron chi connectivity index (χ2n) is 4.41. The van der Waals surface area contributed by atoms with E-state index in [-0.39, 0.29) is 28.3 Å². The van der Waals surface area contributed by atoms with Crippen LogP contribution in [0, 0.1) is 20.2 Å². The number of oxazole rings is 1. The van der Waals surface area contributed by atoms with E-state index in [0.29, 0.717) is 5.56 Å². The molecular weight excluding hydrogens is 314 g/mol. The van der Waals surface area contributed by atoms with E-state index < -0.39 is 15.6 Å². The van der Waals surface area contributed by atoms with Crippen LogP contribution in [-0.2, 0) is 6.54 Å². The van der Waals surface area contributed by atoms with Crippen LogP contribution in [0.15, 0.2) is 38.9 Å². The molecule has 0 unspecified atom stereocenters. The fourth-order valence-corrected chi connectivity index (χ4v) is 2.76. The molecule has 0 saturated heterocycles. The van der Waals surface area contributed by atoms with Crippen molar-refractivity contribution in [3.8, 4) is 0 Å². The standard InChI is InChI=1S/C12H7N3O6S/c16-12-13(5-7-3-11(15(19)20)22-6-7)9-4-8(14(17)18)1-2-10(9)21-12/h1-4,6H,5H2. The number of nitro groups is 2. The first-order valence-corrected chi connectivity index (χ1v) is 6.83. The van der Waals surface area contributed by atoms with Crippen LogP contribution >= 0.6 is 11.3 Å². The Morgan fingerprint density at radius 2 is 1.95 bits per heavy atom. The van der Waals surface area contributed by atoms with E-state index in [2.05, 4.69) is 0 Å². The molecule has 0 atom stereocenters. The summed E-state index contributed by atoms with van der Waals surface area (Å²) in [6.07, 6.45) is 0. The van der Waals surface area contributed by atoms with Crippen molar-refractivity contribution in [1.29, 1.82) is 0 Å². The molecule has 3 aromatic rings. The number of non-ortho nitro benzene ring substituents is 1. The molecule has 0 radical (unpaired) electrons. The molecule has 0 bridgehead atoms. The Kier molecular flexibility index (Phi) is 3.22. The molecule has 0 N–H and O–H groups in total. The molecule has 0 spiro atoms. The Labute approximate surface area is 125 Å². The summed E-state index contributed by atoms with van der Waals surface area (Å²) in [6.45, 7) is 0.0390. The van der Waals surface area contributed by atoms with Gasteiger partial charge in [0.1, 0.15) is 0 Å². The van der Waals surface area contributed by atoms with Gasteiger partial charge < -0.3 is 4.42 Å². The number of nitrogens with zero attached hydrogens (tertiary/aromatic N) is 3. The van der Waals surface area contributed by atoms with Crippen LogP contribution in [0.3, 0.4) is 0 Å². The quantitative estimate of drug-likeness (QED) is 0.537. The van der Waals surface area contributed by atoms with Crippen molar-refractivity contribution in [1.82, 2.24) is 4.57 Å². The highest BCUT2D eigenvalue weighted by Gasteiger charge is 2.16. The maximum atomic E-state index is 11.9. The van der Waals surface area contributed by atoms with Crippen LogP contribution in [0.1, 0.15) is 5.56 Å². The van der Waals surface area contributed by atoms with Crippen molar-refractivity contribution in [2.45, 2.75) is 6.54 Å². The van der Waals surface area contributed by atoms with Crippen molar-refractivity contribution < 1.29 is 14.3 Å². The Hall–Kier alpha value is -3.01. The first-order valence-electron chi connectivity index (χ1n) is 5.95. The SMILES string of the molecule is O=c1oc2ccc([N+](=O)[O-])cc2n1Cc1csc([N+](=O)[O-])c1. The number of aromatic nitrogens is 1. The monoisotopic (exact) mass is 321 g/mol. The summed E-state index contributed by atoms with van der Waals surface area (Å²) in [7, 11) is 0. The summed E-state index contributed by atoms with van der Waals surface area (Å²) in [4.78, 5) is 32.3. The molecule has 2 heterocycles. The summed E-state index contributed by atoms with van der Waals surface area (Å²) in [5.41, 5.74) is 0.875. The van der Waals surface area contributed by atoms with Crippen molar-refractivity contribution in [2.75, 3.05) is 0 Å². The average molecular weight is 321 g/mol. The molecule has 0 aliphatic heterocycles. The number of fused-ring (bicyclic) bond motifs is 1. The molecule has 3 rings (SSSR count). The van der Waals surface area contributed by atoms with Gasteiger partial charge in [0.2, 0.25) is 0 Å². The molecular formula is C12H7N3O6S. The zero-order chi connectivity index (χ0) is 15.9. The van der Waals surface area contributed by atoms with Crippen molar-refractivity contribution >= 4 is 33.1 Å². The lowest BCUT2D eigenvalue weighted by molar-refractivity contribution is -0.384. The number of hydrogen-bond acceptors (Lipinski definition) is 7. The van der Waals surface area contributed by atoms with Gasteiger partial charge in [0.05, 0.1) is 21.9 Å². The molecule has 112 valence electrons. The number of benzene rings is 1. The van der Waals surface area contributed by atoms with E-state index in [0.717, 1.165) is 11.3 Å². The Balaban J connectivity index is 2.06. The minimum atomic E-state index is -0.677. The first kappa shape index (κ1) is 13.9. The predicted octanol–water partition coefficient (Wildman–Crippen LogP) is 2.52. The molecule has 0 fully saturated rings. The Morgan fingerprint density at radius 1 is 1.18 bits per heavy atom. The lowest BCUT2D eigenvalue weighted by Crippen LogP contribution is -2.14. The van der Waals surface area contributed by atoms with E-state index in [1.165, 1.54) is 28.8 Å². The topological polar surface area (TPSA) is 121 Å². The van der Waals surface area contributed by atoms with Gasteiger partial charge in [-0.1, -0.05) is 11.3 Å². The minimum Gasteiger partial charge on any atom is -0.408 e. The largest absolute Gasteiger partial charge is 0.420 e. The van der Waals surface area contributed by atoms with Gasteiger partial charge >= 0.3 is 10.8 Å². The highest BCUT2D eigenvalue weighted by atomic mass is 32.1. The van der Waals surface area contributed by atoms with Crippen LogP contribution in [0.25, 0.3) is 11.1 Å². The molecule has 22 heavy (non-hydrogen) atoms. The number of thiophene rings is 1. The molecule has 0 amide bonds. The highest BCUT2D eigenvalue weighted by Crippen LogP contribution is 2.25. The van der Waals surface area contributed by atoms with Crippen LogP contribution in [0.4, 0.5) is 10.7 Å². The van der Waals surface area contributed by atoms with Gasteiger partial charge in [-0.25, -0.2) is 4.79 Å². The molecule has 0 saturated carbocycles. The average Bonchev–Trinajstić information content (AvgIpc) is 3.04. The fourth-order valence-electron chi connectivity index (χ4n) is 2.04. The van der Waals surface area contributed by atoms with Crippen LogP contribution in [0.5, 0.6) is 0 Å². The third-order valence-electron chi connectivity index (χ3n) is 3.02. The fraction of sp³-hybridized carbons (Fsp3) is 0.0833. The van der Waals surface area contributed by atoms with Gasteiger partial charge in [0, 0.05) is 23.6 Å². The zero-order valence-corrected chi connectivity index (χ0v) is 11.6. The molecule has 10 heteroatoms. The second-order valence-corrected chi connectivity index (χ2v) is 5.30. The number of hydrogen-bond donors (Lipinski definition) is 0. The smallest absolute Gasteiger partial charge is 0.408 e. The number of nitro benzene ring substituents is 1. The van der Waals surface area contributed by atoms with Gasteiger partial charge in [0.15, 0.2) is 5.58 Å². The minimum absolute atomic E-state index is 0.0390. The van der Waals surface area contributed by atoms with Gasteiger partial charge in [-0.2, -0.15) is 0 Å². The third-order valence-corrected chi connectivity index (χ3v) is 3.95. The van der Waals surface area contributed by atoms with Gasteiger partial charge in [-0.3, -0.25) is 24.8 Å². The lowest BCUT2D eigenvalue weighted by atomic mass is 10.2. The summed E-state index contributed by atoms with van der Waals surface area (Å²) in [5, 5.41) is 23.0. The Morgan fingerprint density at radius 3 is 2.59 bits per heavy atom. The third kappa shape index (κ3) is 2.35. The van der Waals surface area contributed by atoms with E-state index in [9.17, 15) is 25.0 Å². The van der Waals surface area contributed by atoms with Gasteiger partial charge in [0.25, 0.3) is 5.69 Å². The van der Waals surface area contributed by atoms with Crippen LogP contribution in [0.2, 0.25) is 0 Å². The van der Waals surface area contributed by atoms with Crippen LogP contribution < -0.4 is 5.76 Å². The summed E-state index contributed by atoms with van der Waals surface area (Å²) < 4.78 is 6.22. The van der Waals surface area contributed by atoms with Crippen molar-refractivity contribution in [3.05, 3.63) is 66.0 Å². The van der Waals surface area contributed by atoms with Crippen molar-refractivity contribution in [2.24, 2.45) is 0 Å². The van der Waals surface area contributed by atoms with Crippen molar-refractivity contribution in [3.63, 3.8) is 0 Å². The van der Waals surface area contributed by atoms with Crippen LogP contribution in [-0.4, -0.2) is 14.4 Å². The lowest BCUT2D eigenvalue weighted by Gasteiger charge is -1.99. The summed E-state index contributed by atoms with van der Waals surface area (Å²) in [6, 6.07) is 5.18. The normalized spacial score (nSPS) is 10.9. The maximum Gasteiger partial charge on any atom is 0.420 e. The van der Waals surface area contributed by atoms with Gasteiger partial charge in [-0.15, -0.1) is 0 Å². The maximum absolute atomic E-state index is 11.9. The van der Waals surface area contributed by atoms with E-state index in [1.807, 2.05) is 0 Å². The molecule has 1 aromatic carbocycles.